The molecule has 1 aromatic carbocycles. The Morgan fingerprint density at radius 3 is 2.39 bits per heavy atom. The van der Waals surface area contributed by atoms with Gasteiger partial charge in [-0.25, -0.2) is 17.8 Å². The molecule has 2 rings (SSSR count). The number of hydrogen-bond donors (Lipinski definition) is 1. The van der Waals surface area contributed by atoms with E-state index < -0.39 is 21.0 Å². The first-order valence-electron chi connectivity index (χ1n) is 6.65. The number of pyridine rings is 1. The van der Waals surface area contributed by atoms with Gasteiger partial charge in [0, 0.05) is 12.3 Å². The van der Waals surface area contributed by atoms with Crippen molar-refractivity contribution in [2.75, 3.05) is 11.6 Å². The van der Waals surface area contributed by atoms with E-state index in [1.54, 1.807) is 0 Å². The number of halogens is 1. The summed E-state index contributed by atoms with van der Waals surface area (Å²) in [6.45, 7) is 1.31. The molecule has 1 heterocycles. The van der Waals surface area contributed by atoms with E-state index in [2.05, 4.69) is 10.3 Å². The number of nitrogens with zero attached hydrogens (tertiary/aromatic N) is 1. The molecule has 2 aromatic rings. The Hall–Kier alpha value is -2.48. The highest BCUT2D eigenvalue weighted by molar-refractivity contribution is 7.92. The van der Waals surface area contributed by atoms with E-state index in [-0.39, 0.29) is 11.7 Å². The standard InChI is InChI=1S/C15H15FN2O4S/c1-10(23(2,20)21)15(19)18-12-5-8-14(17-9-12)22-13-6-3-11(16)4-7-13/h3-10H,1-2H3,(H,18,19)/t10-/m0/s1. The topological polar surface area (TPSA) is 85.4 Å². The number of aromatic nitrogens is 1. The van der Waals surface area contributed by atoms with E-state index in [1.807, 2.05) is 0 Å². The van der Waals surface area contributed by atoms with Crippen LogP contribution in [0.1, 0.15) is 6.92 Å². The fraction of sp³-hybridized carbons (Fsp3) is 0.200. The monoisotopic (exact) mass is 338 g/mol. The maximum absolute atomic E-state index is 12.8. The number of sulfone groups is 1. The van der Waals surface area contributed by atoms with Crippen molar-refractivity contribution < 1.29 is 22.3 Å². The minimum atomic E-state index is -3.46. The van der Waals surface area contributed by atoms with Crippen LogP contribution in [-0.2, 0) is 14.6 Å². The van der Waals surface area contributed by atoms with Crippen LogP contribution in [0.15, 0.2) is 42.6 Å². The number of rotatable bonds is 5. The highest BCUT2D eigenvalue weighted by atomic mass is 32.2. The van der Waals surface area contributed by atoms with Crippen LogP contribution >= 0.6 is 0 Å². The van der Waals surface area contributed by atoms with E-state index in [9.17, 15) is 17.6 Å². The molecule has 0 aliphatic heterocycles. The lowest BCUT2D eigenvalue weighted by molar-refractivity contribution is -0.115. The SMILES string of the molecule is C[C@@H](C(=O)Nc1ccc(Oc2ccc(F)cc2)nc1)S(C)(=O)=O. The lowest BCUT2D eigenvalue weighted by Gasteiger charge is -2.10. The maximum atomic E-state index is 12.8. The number of hydrogen-bond acceptors (Lipinski definition) is 5. The third-order valence-corrected chi connectivity index (χ3v) is 4.55. The molecule has 1 amide bonds. The Bertz CT molecular complexity index is 789. The van der Waals surface area contributed by atoms with Crippen molar-refractivity contribution in [2.24, 2.45) is 0 Å². The molecule has 0 saturated carbocycles. The number of ether oxygens (including phenoxy) is 1. The predicted octanol–water partition coefficient (Wildman–Crippen LogP) is 2.38. The van der Waals surface area contributed by atoms with Crippen molar-refractivity contribution in [1.82, 2.24) is 4.98 Å². The summed E-state index contributed by atoms with van der Waals surface area (Å²) >= 11 is 0. The quantitative estimate of drug-likeness (QED) is 0.905. The van der Waals surface area contributed by atoms with E-state index >= 15 is 0 Å². The average Bonchev–Trinajstić information content (AvgIpc) is 2.50. The summed E-state index contributed by atoms with van der Waals surface area (Å²) in [4.78, 5) is 15.8. The minimum absolute atomic E-state index is 0.255. The van der Waals surface area contributed by atoms with E-state index in [1.165, 1.54) is 49.5 Å². The number of benzene rings is 1. The van der Waals surface area contributed by atoms with Crippen LogP contribution in [0, 0.1) is 5.82 Å². The molecular weight excluding hydrogens is 323 g/mol. The fourth-order valence-electron chi connectivity index (χ4n) is 1.58. The van der Waals surface area contributed by atoms with Crippen LogP contribution in [0.3, 0.4) is 0 Å². The zero-order valence-electron chi connectivity index (χ0n) is 12.5. The molecule has 6 nitrogen and oxygen atoms in total. The second kappa shape index (κ2) is 6.74. The molecule has 1 aromatic heterocycles. The Morgan fingerprint density at radius 1 is 1.22 bits per heavy atom. The van der Waals surface area contributed by atoms with Crippen LogP contribution in [0.25, 0.3) is 0 Å². The van der Waals surface area contributed by atoms with E-state index in [0.717, 1.165) is 6.26 Å². The van der Waals surface area contributed by atoms with Gasteiger partial charge >= 0.3 is 0 Å². The van der Waals surface area contributed by atoms with Gasteiger partial charge in [0.15, 0.2) is 9.84 Å². The third-order valence-electron chi connectivity index (χ3n) is 3.05. The van der Waals surface area contributed by atoms with Crippen LogP contribution in [0.4, 0.5) is 10.1 Å². The molecule has 0 unspecified atom stereocenters. The molecular formula is C15H15FN2O4S. The van der Waals surface area contributed by atoms with Crippen molar-refractivity contribution >= 4 is 21.4 Å². The molecule has 8 heteroatoms. The Kier molecular flexibility index (Phi) is 4.95. The van der Waals surface area contributed by atoms with E-state index in [4.69, 9.17) is 4.74 Å². The van der Waals surface area contributed by atoms with Gasteiger partial charge in [-0.15, -0.1) is 0 Å². The Balaban J connectivity index is 2.02. The highest BCUT2D eigenvalue weighted by Crippen LogP contribution is 2.20. The molecule has 0 radical (unpaired) electrons. The maximum Gasteiger partial charge on any atom is 0.242 e. The molecule has 23 heavy (non-hydrogen) atoms. The second-order valence-electron chi connectivity index (χ2n) is 4.90. The summed E-state index contributed by atoms with van der Waals surface area (Å²) in [5.74, 6) is -0.336. The molecule has 0 spiro atoms. The number of carbonyl (C=O) groups is 1. The lowest BCUT2D eigenvalue weighted by atomic mass is 10.3. The van der Waals surface area contributed by atoms with Crippen molar-refractivity contribution in [3.63, 3.8) is 0 Å². The fourth-order valence-corrected chi connectivity index (χ4v) is 2.02. The van der Waals surface area contributed by atoms with E-state index in [0.29, 0.717) is 11.4 Å². The summed E-state index contributed by atoms with van der Waals surface area (Å²) in [7, 11) is -3.46. The summed E-state index contributed by atoms with van der Waals surface area (Å²) in [5, 5.41) is 1.31. The number of carbonyl (C=O) groups excluding carboxylic acids is 1. The lowest BCUT2D eigenvalue weighted by Crippen LogP contribution is -2.31. The zero-order valence-corrected chi connectivity index (χ0v) is 13.3. The van der Waals surface area contributed by atoms with Gasteiger partial charge in [-0.05, 0) is 37.3 Å². The van der Waals surface area contributed by atoms with Gasteiger partial charge in [0.25, 0.3) is 0 Å². The van der Waals surface area contributed by atoms with Gasteiger partial charge in [0.2, 0.25) is 11.8 Å². The number of anilines is 1. The first-order chi connectivity index (χ1) is 10.8. The first-order valence-corrected chi connectivity index (χ1v) is 8.60. The zero-order chi connectivity index (χ0) is 17.0. The third kappa shape index (κ3) is 4.75. The molecule has 1 atom stereocenters. The minimum Gasteiger partial charge on any atom is -0.439 e. The normalized spacial score (nSPS) is 12.5. The summed E-state index contributed by atoms with van der Waals surface area (Å²) < 4.78 is 40.8. The summed E-state index contributed by atoms with van der Waals surface area (Å²) in [6, 6.07) is 8.47. The molecule has 0 fully saturated rings. The number of nitrogens with one attached hydrogen (secondary N) is 1. The van der Waals surface area contributed by atoms with Crippen molar-refractivity contribution in [1.29, 1.82) is 0 Å². The van der Waals surface area contributed by atoms with Crippen LogP contribution in [0.2, 0.25) is 0 Å². The van der Waals surface area contributed by atoms with Gasteiger partial charge in [-0.3, -0.25) is 4.79 Å². The van der Waals surface area contributed by atoms with Crippen LogP contribution in [0.5, 0.6) is 11.6 Å². The average molecular weight is 338 g/mol. The Labute approximate surface area is 133 Å². The summed E-state index contributed by atoms with van der Waals surface area (Å²) in [6.07, 6.45) is 2.33. The van der Waals surface area contributed by atoms with Gasteiger partial charge in [-0.2, -0.15) is 0 Å². The van der Waals surface area contributed by atoms with Crippen molar-refractivity contribution in [3.05, 3.63) is 48.4 Å². The molecule has 0 aliphatic carbocycles. The largest absolute Gasteiger partial charge is 0.439 e. The van der Waals surface area contributed by atoms with Gasteiger partial charge < -0.3 is 10.1 Å². The van der Waals surface area contributed by atoms with Crippen molar-refractivity contribution in [2.45, 2.75) is 12.2 Å². The van der Waals surface area contributed by atoms with Gasteiger partial charge in [0.1, 0.15) is 16.8 Å². The molecule has 1 N–H and O–H groups in total. The van der Waals surface area contributed by atoms with Gasteiger partial charge in [0.05, 0.1) is 11.9 Å². The van der Waals surface area contributed by atoms with Gasteiger partial charge in [-0.1, -0.05) is 0 Å². The molecule has 0 saturated heterocycles. The number of amides is 1. The Morgan fingerprint density at radius 2 is 1.87 bits per heavy atom. The smallest absolute Gasteiger partial charge is 0.242 e. The molecule has 0 aliphatic rings. The summed E-state index contributed by atoms with van der Waals surface area (Å²) in [5.41, 5.74) is 0.344. The van der Waals surface area contributed by atoms with Crippen LogP contribution in [-0.4, -0.2) is 30.8 Å². The highest BCUT2D eigenvalue weighted by Gasteiger charge is 2.23. The van der Waals surface area contributed by atoms with Crippen molar-refractivity contribution in [3.8, 4) is 11.6 Å². The first kappa shape index (κ1) is 16.9. The molecule has 0 bridgehead atoms. The predicted molar refractivity (Wildman–Crippen MR) is 83.6 cm³/mol. The second-order valence-corrected chi connectivity index (χ2v) is 7.27. The van der Waals surface area contributed by atoms with Crippen LogP contribution < -0.4 is 10.1 Å². The molecule has 122 valence electrons.